The van der Waals surface area contributed by atoms with Crippen LogP contribution in [0.3, 0.4) is 0 Å². The highest BCUT2D eigenvalue weighted by atomic mass is 79.9. The van der Waals surface area contributed by atoms with Crippen molar-refractivity contribution in [2.24, 2.45) is 0 Å². The van der Waals surface area contributed by atoms with Crippen LogP contribution in [0.5, 0.6) is 0 Å². The van der Waals surface area contributed by atoms with Gasteiger partial charge in [-0.3, -0.25) is 0 Å². The van der Waals surface area contributed by atoms with Crippen LogP contribution in [0.1, 0.15) is 11.1 Å². The highest BCUT2D eigenvalue weighted by Crippen LogP contribution is 2.45. The molecule has 0 radical (unpaired) electrons. The Morgan fingerprint density at radius 3 is 1.29 bits per heavy atom. The molecular weight excluding hydrogens is 838 g/mol. The Balaban J connectivity index is 1.15. The maximum atomic E-state index is 14.0. The van der Waals surface area contributed by atoms with Crippen LogP contribution < -0.4 is 0 Å². The average Bonchev–Trinajstić information content (AvgIpc) is 3.97. The van der Waals surface area contributed by atoms with Crippen molar-refractivity contribution in [3.8, 4) is 34.2 Å². The van der Waals surface area contributed by atoms with Gasteiger partial charge in [-0.25, -0.2) is 18.1 Å². The second-order valence-electron chi connectivity index (χ2n) is 11.2. The Kier molecular flexibility index (Phi) is 9.76. The molecule has 0 saturated heterocycles. The van der Waals surface area contributed by atoms with Crippen LogP contribution in [0.15, 0.2) is 128 Å². The van der Waals surface area contributed by atoms with Crippen molar-refractivity contribution in [3.63, 3.8) is 0 Å². The van der Waals surface area contributed by atoms with E-state index in [0.29, 0.717) is 57.3 Å². The molecule has 52 heavy (non-hydrogen) atoms. The number of benzene rings is 4. The summed E-state index contributed by atoms with van der Waals surface area (Å²) in [5.74, 6) is -0.0201. The van der Waals surface area contributed by atoms with E-state index in [1.807, 2.05) is 48.5 Å². The summed E-state index contributed by atoms with van der Waals surface area (Å²) < 4.78 is 33.2. The molecule has 8 rings (SSSR count). The molecule has 258 valence electrons. The summed E-state index contributed by atoms with van der Waals surface area (Å²) in [4.78, 5) is 3.03. The number of rotatable bonds is 11. The van der Waals surface area contributed by atoms with Crippen LogP contribution in [-0.4, -0.2) is 60.0 Å². The van der Waals surface area contributed by atoms with Gasteiger partial charge in [-0.15, -0.1) is 20.4 Å². The van der Waals surface area contributed by atoms with Crippen molar-refractivity contribution >= 4 is 53.4 Å². The molecule has 0 saturated carbocycles. The summed E-state index contributed by atoms with van der Waals surface area (Å²) in [6, 6.07) is 27.8. The molecule has 0 atom stereocenters. The quantitative estimate of drug-likeness (QED) is 0.118. The maximum Gasteiger partial charge on any atom is 0.209 e. The minimum Gasteiger partial charge on any atom is -0.226 e. The summed E-state index contributed by atoms with van der Waals surface area (Å²) in [5, 5.41) is 37.2. The van der Waals surface area contributed by atoms with Crippen molar-refractivity contribution in [2.45, 2.75) is 23.1 Å². The Morgan fingerprint density at radius 2 is 0.904 bits per heavy atom. The molecule has 0 aliphatic carbocycles. The number of aromatic nitrogens is 12. The second-order valence-corrected chi connectivity index (χ2v) is 15.1. The highest BCUT2D eigenvalue weighted by Gasteiger charge is 2.24. The number of halogens is 4. The van der Waals surface area contributed by atoms with Crippen LogP contribution in [0.25, 0.3) is 34.2 Å². The second kappa shape index (κ2) is 14.9. The normalized spacial score (nSPS) is 11.4. The molecule has 4 heterocycles. The van der Waals surface area contributed by atoms with Gasteiger partial charge in [0, 0.05) is 8.95 Å². The molecule has 0 N–H and O–H groups in total. The summed E-state index contributed by atoms with van der Waals surface area (Å²) in [5.41, 5.74) is 4.48. The standard InChI is InChI=1S/C34H22Br2F2N12S2/c35-23-5-1-21(2-6-23)19-47-43-31(41-45-47)29-17-39-49(27-13-9-25(37)10-14-27)33(29)51-52-34-30(18-40-50(34)28-15-11-26(38)12-16-28)32-42-46-48(44-32)20-22-3-7-24(36)8-4-22/h1-18H,19-20H2. The molecule has 4 aromatic heterocycles. The fraction of sp³-hybridized carbons (Fsp3) is 0.0588. The lowest BCUT2D eigenvalue weighted by Gasteiger charge is -2.11. The Morgan fingerprint density at radius 1 is 0.519 bits per heavy atom. The van der Waals surface area contributed by atoms with Crippen LogP contribution >= 0.6 is 53.4 Å². The maximum absolute atomic E-state index is 14.0. The molecule has 0 fully saturated rings. The Hall–Kier alpha value is -5.04. The molecular formula is C34H22Br2F2N12S2. The summed E-state index contributed by atoms with van der Waals surface area (Å²) in [6.45, 7) is 0.832. The largest absolute Gasteiger partial charge is 0.226 e. The molecule has 8 aromatic rings. The monoisotopic (exact) mass is 858 g/mol. The van der Waals surface area contributed by atoms with E-state index in [9.17, 15) is 8.78 Å². The summed E-state index contributed by atoms with van der Waals surface area (Å²) >= 11 is 6.93. The van der Waals surface area contributed by atoms with Gasteiger partial charge in [0.1, 0.15) is 21.7 Å². The fourth-order valence-corrected chi connectivity index (χ4v) is 8.13. The topological polar surface area (TPSA) is 123 Å². The SMILES string of the molecule is Fc1ccc(-n2ncc(-c3nnn(Cc4ccc(Br)cc4)n3)c2SSc2c(-c3nnn(Cc4ccc(Br)cc4)n3)cnn2-c2ccc(F)cc2)cc1. The minimum absolute atomic E-state index is 0.360. The first-order valence-corrected chi connectivity index (χ1v) is 19.2. The molecule has 0 aliphatic rings. The minimum atomic E-state index is -0.370. The zero-order valence-electron chi connectivity index (χ0n) is 26.5. The predicted molar refractivity (Wildman–Crippen MR) is 199 cm³/mol. The van der Waals surface area contributed by atoms with E-state index in [2.05, 4.69) is 72.9 Å². The van der Waals surface area contributed by atoms with Crippen molar-refractivity contribution in [1.82, 2.24) is 60.0 Å². The Labute approximate surface area is 318 Å². The van der Waals surface area contributed by atoms with Crippen LogP contribution in [0.4, 0.5) is 8.78 Å². The van der Waals surface area contributed by atoms with Gasteiger partial charge in [-0.1, -0.05) is 56.1 Å². The molecule has 0 unspecified atom stereocenters. The van der Waals surface area contributed by atoms with Crippen LogP contribution in [0, 0.1) is 11.6 Å². The predicted octanol–water partition coefficient (Wildman–Crippen LogP) is 8.06. The smallest absolute Gasteiger partial charge is 0.209 e. The van der Waals surface area contributed by atoms with Crippen LogP contribution in [-0.2, 0) is 13.1 Å². The van der Waals surface area contributed by atoms with Gasteiger partial charge in [-0.2, -0.15) is 19.8 Å². The van der Waals surface area contributed by atoms with Gasteiger partial charge in [0.2, 0.25) is 11.6 Å². The van der Waals surface area contributed by atoms with Gasteiger partial charge in [-0.05, 0) is 116 Å². The van der Waals surface area contributed by atoms with Gasteiger partial charge in [0.15, 0.2) is 0 Å². The van der Waals surface area contributed by atoms with Crippen LogP contribution in [0.2, 0.25) is 0 Å². The molecule has 0 spiro atoms. The average molecular weight is 861 g/mol. The van der Waals surface area contributed by atoms with Gasteiger partial charge in [0.05, 0.1) is 48.0 Å². The zero-order chi connectivity index (χ0) is 35.6. The molecule has 0 amide bonds. The molecule has 12 nitrogen and oxygen atoms in total. The lowest BCUT2D eigenvalue weighted by Crippen LogP contribution is -2.04. The Bertz CT molecular complexity index is 2290. The lowest BCUT2D eigenvalue weighted by atomic mass is 10.2. The highest BCUT2D eigenvalue weighted by molar-refractivity contribution is 9.10. The van der Waals surface area contributed by atoms with E-state index in [-0.39, 0.29) is 11.6 Å². The number of tetrazole rings is 2. The van der Waals surface area contributed by atoms with E-state index in [1.165, 1.54) is 55.4 Å². The number of nitrogens with zero attached hydrogens (tertiary/aromatic N) is 12. The number of hydrogen-bond donors (Lipinski definition) is 0. The lowest BCUT2D eigenvalue weighted by molar-refractivity contribution is 0.572. The third-order valence-electron chi connectivity index (χ3n) is 7.65. The van der Waals surface area contributed by atoms with Crippen molar-refractivity contribution in [3.05, 3.63) is 141 Å². The van der Waals surface area contributed by atoms with E-state index in [0.717, 1.165) is 20.1 Å². The van der Waals surface area contributed by atoms with Crippen molar-refractivity contribution in [1.29, 1.82) is 0 Å². The summed E-state index contributed by atoms with van der Waals surface area (Å²) in [6.07, 6.45) is 3.31. The van der Waals surface area contributed by atoms with Crippen molar-refractivity contribution in [2.75, 3.05) is 0 Å². The van der Waals surface area contributed by atoms with Gasteiger partial charge >= 0.3 is 0 Å². The van der Waals surface area contributed by atoms with Crippen molar-refractivity contribution < 1.29 is 8.78 Å². The third kappa shape index (κ3) is 7.45. The van der Waals surface area contributed by atoms with Gasteiger partial charge < -0.3 is 0 Å². The summed E-state index contributed by atoms with van der Waals surface area (Å²) in [7, 11) is 2.71. The number of hydrogen-bond acceptors (Lipinski definition) is 10. The fourth-order valence-electron chi connectivity index (χ4n) is 5.10. The van der Waals surface area contributed by atoms with E-state index >= 15 is 0 Å². The first-order valence-electron chi connectivity index (χ1n) is 15.4. The van der Waals surface area contributed by atoms with E-state index in [1.54, 1.807) is 46.0 Å². The third-order valence-corrected chi connectivity index (χ3v) is 11.1. The molecule has 4 aromatic carbocycles. The first-order chi connectivity index (χ1) is 25.4. The molecule has 0 aliphatic heterocycles. The molecule has 0 bridgehead atoms. The van der Waals surface area contributed by atoms with Gasteiger partial charge in [0.25, 0.3) is 0 Å². The molecule has 18 heteroatoms. The van der Waals surface area contributed by atoms with E-state index in [4.69, 9.17) is 0 Å². The zero-order valence-corrected chi connectivity index (χ0v) is 31.3. The first kappa shape index (κ1) is 34.1. The van der Waals surface area contributed by atoms with E-state index < -0.39 is 0 Å².